The first-order valence-corrected chi connectivity index (χ1v) is 8.66. The minimum Gasteiger partial charge on any atom is -0.393 e. The fourth-order valence-corrected chi connectivity index (χ4v) is 2.73. The molecule has 0 radical (unpaired) electrons. The molecule has 2 heterocycles. The number of hydrazine groups is 1. The zero-order valence-electron chi connectivity index (χ0n) is 13.8. The van der Waals surface area contributed by atoms with Crippen LogP contribution in [0.3, 0.4) is 0 Å². The number of halogens is 1. The van der Waals surface area contributed by atoms with Crippen LogP contribution in [0.5, 0.6) is 0 Å². The molecule has 0 aliphatic carbocycles. The minimum absolute atomic E-state index is 0.226. The normalized spacial score (nSPS) is 10.7. The summed E-state index contributed by atoms with van der Waals surface area (Å²) in [5.41, 5.74) is 13.7. The minimum atomic E-state index is -0.326. The molecular formula is C17H13BrN8O. The van der Waals surface area contributed by atoms with Crippen LogP contribution in [0.4, 0.5) is 11.5 Å². The van der Waals surface area contributed by atoms with Gasteiger partial charge < -0.3 is 5.73 Å². The SMILES string of the molecule is Nc1c(NNC(=O)c2ccc(Br)cc2)ncnc1-n1nnc2ccccc21. The number of rotatable bonds is 4. The molecule has 9 nitrogen and oxygen atoms in total. The molecule has 1 amide bonds. The quantitative estimate of drug-likeness (QED) is 0.429. The average Bonchev–Trinajstić information content (AvgIpc) is 3.11. The van der Waals surface area contributed by atoms with Crippen LogP contribution in [0.1, 0.15) is 10.4 Å². The Morgan fingerprint density at radius 1 is 1.07 bits per heavy atom. The van der Waals surface area contributed by atoms with Crippen molar-refractivity contribution in [1.29, 1.82) is 0 Å². The number of carbonyl (C=O) groups is 1. The van der Waals surface area contributed by atoms with Crippen LogP contribution >= 0.6 is 15.9 Å². The first-order valence-electron chi connectivity index (χ1n) is 7.86. The summed E-state index contributed by atoms with van der Waals surface area (Å²) in [7, 11) is 0. The molecule has 134 valence electrons. The van der Waals surface area contributed by atoms with E-state index in [-0.39, 0.29) is 17.4 Å². The molecule has 4 N–H and O–H groups in total. The van der Waals surface area contributed by atoms with E-state index in [1.165, 1.54) is 11.0 Å². The van der Waals surface area contributed by atoms with E-state index < -0.39 is 0 Å². The number of amides is 1. The Kier molecular flexibility index (Phi) is 4.38. The zero-order chi connectivity index (χ0) is 18.8. The Labute approximate surface area is 161 Å². The molecule has 4 rings (SSSR count). The molecule has 0 spiro atoms. The van der Waals surface area contributed by atoms with E-state index in [1.54, 1.807) is 24.3 Å². The van der Waals surface area contributed by atoms with Gasteiger partial charge in [0.15, 0.2) is 11.6 Å². The molecule has 27 heavy (non-hydrogen) atoms. The molecular weight excluding hydrogens is 412 g/mol. The molecule has 0 bridgehead atoms. The predicted octanol–water partition coefficient (Wildman–Crippen LogP) is 2.31. The highest BCUT2D eigenvalue weighted by atomic mass is 79.9. The summed E-state index contributed by atoms with van der Waals surface area (Å²) in [5.74, 6) is 0.289. The third kappa shape index (κ3) is 3.29. The number of aromatic nitrogens is 5. The van der Waals surface area contributed by atoms with Crippen LogP contribution < -0.4 is 16.6 Å². The smallest absolute Gasteiger partial charge is 0.269 e. The Hall–Kier alpha value is -3.53. The summed E-state index contributed by atoms with van der Waals surface area (Å²) in [6.45, 7) is 0. The van der Waals surface area contributed by atoms with Gasteiger partial charge in [-0.05, 0) is 36.4 Å². The highest BCUT2D eigenvalue weighted by molar-refractivity contribution is 9.10. The van der Waals surface area contributed by atoms with Gasteiger partial charge in [-0.1, -0.05) is 33.3 Å². The van der Waals surface area contributed by atoms with E-state index in [0.29, 0.717) is 16.9 Å². The fourth-order valence-electron chi connectivity index (χ4n) is 2.47. The second kappa shape index (κ2) is 7.00. The number of nitrogen functional groups attached to an aromatic ring is 1. The summed E-state index contributed by atoms with van der Waals surface area (Å²) < 4.78 is 2.41. The molecule has 0 saturated heterocycles. The molecule has 0 saturated carbocycles. The molecule has 0 fully saturated rings. The van der Waals surface area contributed by atoms with Gasteiger partial charge in [0.25, 0.3) is 5.91 Å². The average molecular weight is 425 g/mol. The third-order valence-electron chi connectivity index (χ3n) is 3.82. The highest BCUT2D eigenvalue weighted by Crippen LogP contribution is 2.23. The maximum absolute atomic E-state index is 12.2. The van der Waals surface area contributed by atoms with Crippen LogP contribution in [0.2, 0.25) is 0 Å². The second-order valence-electron chi connectivity index (χ2n) is 5.54. The lowest BCUT2D eigenvalue weighted by Crippen LogP contribution is -2.30. The lowest BCUT2D eigenvalue weighted by Gasteiger charge is -2.12. The standard InChI is InChI=1S/C17H13BrN8O/c18-11-7-5-10(6-8-11)17(27)24-23-15-14(19)16(21-9-20-15)26-13-4-2-1-3-12(13)22-25-26/h1-9H,19H2,(H,24,27)(H,20,21,23). The van der Waals surface area contributed by atoms with Gasteiger partial charge in [0.05, 0.1) is 5.52 Å². The number of nitrogens with two attached hydrogens (primary N) is 1. The van der Waals surface area contributed by atoms with Gasteiger partial charge in [-0.15, -0.1) is 5.10 Å². The summed E-state index contributed by atoms with van der Waals surface area (Å²) in [6.07, 6.45) is 1.33. The van der Waals surface area contributed by atoms with E-state index >= 15 is 0 Å². The molecule has 0 unspecified atom stereocenters. The maximum Gasteiger partial charge on any atom is 0.269 e. The Morgan fingerprint density at radius 3 is 2.67 bits per heavy atom. The third-order valence-corrected chi connectivity index (χ3v) is 4.34. The zero-order valence-corrected chi connectivity index (χ0v) is 15.4. The van der Waals surface area contributed by atoms with Crippen molar-refractivity contribution < 1.29 is 4.79 Å². The van der Waals surface area contributed by atoms with Gasteiger partial charge in [-0.2, -0.15) is 4.68 Å². The van der Waals surface area contributed by atoms with Crippen molar-refractivity contribution in [3.63, 3.8) is 0 Å². The number of anilines is 2. The number of carbonyl (C=O) groups excluding carboxylic acids is 1. The highest BCUT2D eigenvalue weighted by Gasteiger charge is 2.14. The number of benzene rings is 2. The molecule has 2 aromatic heterocycles. The van der Waals surface area contributed by atoms with Crippen LogP contribution in [-0.2, 0) is 0 Å². The van der Waals surface area contributed by atoms with Crippen molar-refractivity contribution in [2.45, 2.75) is 0 Å². The van der Waals surface area contributed by atoms with Gasteiger partial charge in [0, 0.05) is 10.0 Å². The lowest BCUT2D eigenvalue weighted by atomic mass is 10.2. The predicted molar refractivity (Wildman–Crippen MR) is 104 cm³/mol. The van der Waals surface area contributed by atoms with E-state index in [9.17, 15) is 4.79 Å². The molecule has 10 heteroatoms. The molecule has 4 aromatic rings. The van der Waals surface area contributed by atoms with Gasteiger partial charge in [-0.3, -0.25) is 15.6 Å². The van der Waals surface area contributed by atoms with E-state index in [2.05, 4.69) is 47.1 Å². The van der Waals surface area contributed by atoms with E-state index in [0.717, 1.165) is 9.99 Å². The van der Waals surface area contributed by atoms with Gasteiger partial charge in [0.1, 0.15) is 17.5 Å². The van der Waals surface area contributed by atoms with E-state index in [4.69, 9.17) is 5.73 Å². The van der Waals surface area contributed by atoms with Crippen molar-refractivity contribution in [3.05, 3.63) is 64.9 Å². The van der Waals surface area contributed by atoms with Crippen LogP contribution in [0.25, 0.3) is 16.9 Å². The number of para-hydroxylation sites is 1. The molecule has 2 aromatic carbocycles. The van der Waals surface area contributed by atoms with Crippen molar-refractivity contribution in [3.8, 4) is 5.82 Å². The Morgan fingerprint density at radius 2 is 1.85 bits per heavy atom. The van der Waals surface area contributed by atoms with Gasteiger partial charge in [0.2, 0.25) is 0 Å². The number of fused-ring (bicyclic) bond motifs is 1. The second-order valence-corrected chi connectivity index (χ2v) is 6.45. The van der Waals surface area contributed by atoms with Crippen molar-refractivity contribution in [1.82, 2.24) is 30.4 Å². The molecule has 0 aliphatic rings. The Bertz CT molecular complexity index is 1130. The summed E-state index contributed by atoms with van der Waals surface area (Å²) >= 11 is 3.33. The van der Waals surface area contributed by atoms with Gasteiger partial charge in [-0.25, -0.2) is 9.97 Å². The summed E-state index contributed by atoms with van der Waals surface area (Å²) in [5, 5.41) is 8.19. The van der Waals surface area contributed by atoms with Crippen molar-refractivity contribution in [2.75, 3.05) is 11.2 Å². The number of hydrogen-bond acceptors (Lipinski definition) is 7. The molecule has 0 aliphatic heterocycles. The van der Waals surface area contributed by atoms with Gasteiger partial charge >= 0.3 is 0 Å². The number of nitrogens with zero attached hydrogens (tertiary/aromatic N) is 5. The monoisotopic (exact) mass is 424 g/mol. The number of hydrogen-bond donors (Lipinski definition) is 3. The van der Waals surface area contributed by atoms with Crippen molar-refractivity contribution >= 4 is 44.4 Å². The topological polar surface area (TPSA) is 124 Å². The largest absolute Gasteiger partial charge is 0.393 e. The van der Waals surface area contributed by atoms with Crippen LogP contribution in [-0.4, -0.2) is 30.9 Å². The first kappa shape index (κ1) is 16.9. The van der Waals surface area contributed by atoms with Crippen molar-refractivity contribution in [2.24, 2.45) is 0 Å². The lowest BCUT2D eigenvalue weighted by molar-refractivity contribution is 0.0962. The number of nitrogens with one attached hydrogen (secondary N) is 2. The van der Waals surface area contributed by atoms with Crippen LogP contribution in [0.15, 0.2) is 59.3 Å². The molecule has 0 atom stereocenters. The first-order chi connectivity index (χ1) is 13.1. The summed E-state index contributed by atoms with van der Waals surface area (Å²) in [4.78, 5) is 20.5. The van der Waals surface area contributed by atoms with Crippen LogP contribution in [0, 0.1) is 0 Å². The maximum atomic E-state index is 12.2. The summed E-state index contributed by atoms with van der Waals surface area (Å²) in [6, 6.07) is 14.4. The van der Waals surface area contributed by atoms with E-state index in [1.807, 2.05) is 24.3 Å². The fraction of sp³-hybridized carbons (Fsp3) is 0. The Balaban J connectivity index is 1.59.